The van der Waals surface area contributed by atoms with Gasteiger partial charge in [-0.15, -0.1) is 0 Å². The number of fused-ring (bicyclic) bond motifs is 1. The molecule has 3 aromatic rings. The number of imidazole rings is 1. The summed E-state index contributed by atoms with van der Waals surface area (Å²) >= 11 is 0. The van der Waals surface area contributed by atoms with E-state index in [0.29, 0.717) is 16.6 Å². The first kappa shape index (κ1) is 21.0. The third-order valence-electron chi connectivity index (χ3n) is 5.49. The summed E-state index contributed by atoms with van der Waals surface area (Å²) in [4.78, 5) is 37.0. The van der Waals surface area contributed by atoms with Gasteiger partial charge in [-0.1, -0.05) is 29.8 Å². The van der Waals surface area contributed by atoms with Gasteiger partial charge in [-0.05, 0) is 43.5 Å². The average molecular weight is 443 g/mol. The fourth-order valence-electron chi connectivity index (χ4n) is 4.07. The van der Waals surface area contributed by atoms with E-state index in [4.69, 9.17) is 0 Å². The largest absolute Gasteiger partial charge is 0.329 e. The van der Waals surface area contributed by atoms with Crippen molar-refractivity contribution >= 4 is 33.0 Å². The molecule has 0 spiro atoms. The van der Waals surface area contributed by atoms with Gasteiger partial charge in [0.05, 0.1) is 15.9 Å². The summed E-state index contributed by atoms with van der Waals surface area (Å²) in [6.07, 6.45) is 0.548. The zero-order chi connectivity index (χ0) is 22.3. The summed E-state index contributed by atoms with van der Waals surface area (Å²) < 4.78 is 35.9. The van der Waals surface area contributed by atoms with Crippen molar-refractivity contribution in [2.75, 3.05) is 0 Å². The predicted octanol–water partition coefficient (Wildman–Crippen LogP) is 1.58. The molecule has 0 bridgehead atoms. The molecule has 1 aliphatic heterocycles. The van der Waals surface area contributed by atoms with Crippen LogP contribution in [0.5, 0.6) is 0 Å². The van der Waals surface area contributed by atoms with Crippen LogP contribution < -0.4 is 11.0 Å². The van der Waals surface area contributed by atoms with Crippen LogP contribution >= 0.6 is 0 Å². The lowest BCUT2D eigenvalue weighted by molar-refractivity contribution is -0.135. The molecule has 2 heterocycles. The fraction of sp³-hybridized carbons (Fsp3) is 0.286. The molecule has 0 radical (unpaired) electrons. The van der Waals surface area contributed by atoms with Gasteiger partial charge >= 0.3 is 5.69 Å². The molecule has 31 heavy (non-hydrogen) atoms. The number of hydrogen-bond donors (Lipinski definition) is 2. The van der Waals surface area contributed by atoms with Crippen molar-refractivity contribution in [3.05, 3.63) is 64.1 Å². The van der Waals surface area contributed by atoms with Gasteiger partial charge in [0.15, 0.2) is 0 Å². The molecule has 10 heteroatoms. The Bertz CT molecular complexity index is 1370. The van der Waals surface area contributed by atoms with E-state index in [9.17, 15) is 27.4 Å². The average Bonchev–Trinajstić information content (AvgIpc) is 2.97. The van der Waals surface area contributed by atoms with Crippen LogP contribution in [0.3, 0.4) is 0 Å². The standard InChI is InChI=1S/C21H21N3O6S/c1-13-6-8-18(31(28,29)30)14(12-13)10-11-23-15-4-2-3-5-16(15)24(21(23)27)17-7-9-19(25)22-20(17)26/h2-6,8,12,17H,7,9-11H2,1H3,(H,22,25,26)(H,28,29,30). The third kappa shape index (κ3) is 3.91. The molecule has 2 amide bonds. The summed E-state index contributed by atoms with van der Waals surface area (Å²) in [5.74, 6) is -0.885. The highest BCUT2D eigenvalue weighted by atomic mass is 32.2. The van der Waals surface area contributed by atoms with E-state index >= 15 is 0 Å². The van der Waals surface area contributed by atoms with Crippen LogP contribution in [0.1, 0.15) is 30.0 Å². The molecule has 1 fully saturated rings. The molecule has 0 saturated carbocycles. The van der Waals surface area contributed by atoms with Crippen LogP contribution in [0.2, 0.25) is 0 Å². The first-order valence-electron chi connectivity index (χ1n) is 9.77. The first-order valence-corrected chi connectivity index (χ1v) is 11.2. The minimum Gasteiger partial charge on any atom is -0.295 e. The van der Waals surface area contributed by atoms with Crippen molar-refractivity contribution < 1.29 is 22.6 Å². The summed E-state index contributed by atoms with van der Waals surface area (Å²) in [7, 11) is -4.41. The molecule has 4 rings (SSSR count). The number of carbonyl (C=O) groups excluding carboxylic acids is 2. The molecule has 1 aliphatic rings. The van der Waals surface area contributed by atoms with E-state index < -0.39 is 27.8 Å². The second-order valence-corrected chi connectivity index (χ2v) is 8.99. The number of nitrogens with zero attached hydrogens (tertiary/aromatic N) is 2. The maximum Gasteiger partial charge on any atom is 0.329 e. The number of imide groups is 1. The van der Waals surface area contributed by atoms with E-state index in [-0.39, 0.29) is 36.6 Å². The Morgan fingerprint density at radius 1 is 1.10 bits per heavy atom. The van der Waals surface area contributed by atoms with Crippen molar-refractivity contribution in [3.8, 4) is 0 Å². The number of aryl methyl sites for hydroxylation is 3. The number of para-hydroxylation sites is 2. The lowest BCUT2D eigenvalue weighted by Crippen LogP contribution is -2.44. The molecule has 1 saturated heterocycles. The number of rotatable bonds is 5. The summed E-state index contributed by atoms with van der Waals surface area (Å²) in [6.45, 7) is 1.95. The van der Waals surface area contributed by atoms with E-state index in [2.05, 4.69) is 5.32 Å². The second-order valence-electron chi connectivity index (χ2n) is 7.60. The quantitative estimate of drug-likeness (QED) is 0.455. The molecule has 2 aromatic carbocycles. The van der Waals surface area contributed by atoms with Crippen molar-refractivity contribution in [2.24, 2.45) is 0 Å². The summed E-state index contributed by atoms with van der Waals surface area (Å²) in [5, 5.41) is 2.28. The van der Waals surface area contributed by atoms with Gasteiger partial charge in [-0.25, -0.2) is 4.79 Å². The Kier molecular flexibility index (Phi) is 5.28. The van der Waals surface area contributed by atoms with E-state index in [1.165, 1.54) is 15.2 Å². The Morgan fingerprint density at radius 2 is 1.81 bits per heavy atom. The van der Waals surface area contributed by atoms with Gasteiger partial charge in [0.1, 0.15) is 6.04 Å². The number of piperidine rings is 1. The number of aromatic nitrogens is 2. The smallest absolute Gasteiger partial charge is 0.295 e. The Labute approximate surface area is 178 Å². The summed E-state index contributed by atoms with van der Waals surface area (Å²) in [5.41, 5.74) is 1.95. The second kappa shape index (κ2) is 7.78. The van der Waals surface area contributed by atoms with Crippen LogP contribution in [-0.2, 0) is 32.7 Å². The van der Waals surface area contributed by atoms with Gasteiger partial charge in [0, 0.05) is 13.0 Å². The van der Waals surface area contributed by atoms with Gasteiger partial charge in [0.25, 0.3) is 10.1 Å². The lowest BCUT2D eigenvalue weighted by atomic mass is 10.1. The topological polar surface area (TPSA) is 127 Å². The van der Waals surface area contributed by atoms with Crippen molar-refractivity contribution in [1.29, 1.82) is 0 Å². The molecule has 0 aliphatic carbocycles. The highest BCUT2D eigenvalue weighted by Gasteiger charge is 2.31. The van der Waals surface area contributed by atoms with Gasteiger partial charge in [-0.3, -0.25) is 28.6 Å². The zero-order valence-corrected chi connectivity index (χ0v) is 17.6. The molecule has 2 N–H and O–H groups in total. The maximum absolute atomic E-state index is 13.3. The highest BCUT2D eigenvalue weighted by molar-refractivity contribution is 7.85. The number of amides is 2. The minimum absolute atomic E-state index is 0.142. The van der Waals surface area contributed by atoms with E-state index in [0.717, 1.165) is 5.56 Å². The lowest BCUT2D eigenvalue weighted by Gasteiger charge is -2.21. The SMILES string of the molecule is Cc1ccc(S(=O)(=O)O)c(CCn2c(=O)n(C3CCC(=O)NC3=O)c3ccccc32)c1. The molecular formula is C21H21N3O6S. The monoisotopic (exact) mass is 443 g/mol. The van der Waals surface area contributed by atoms with E-state index in [1.54, 1.807) is 43.3 Å². The number of benzene rings is 2. The number of carbonyl (C=O) groups is 2. The van der Waals surface area contributed by atoms with Crippen LogP contribution in [0.15, 0.2) is 52.2 Å². The Hall–Kier alpha value is -3.24. The zero-order valence-electron chi connectivity index (χ0n) is 16.7. The van der Waals surface area contributed by atoms with Gasteiger partial charge in [0.2, 0.25) is 11.8 Å². The first-order chi connectivity index (χ1) is 14.7. The molecule has 1 unspecified atom stereocenters. The Morgan fingerprint density at radius 3 is 2.48 bits per heavy atom. The van der Waals surface area contributed by atoms with Gasteiger partial charge < -0.3 is 0 Å². The third-order valence-corrected chi connectivity index (χ3v) is 6.44. The maximum atomic E-state index is 13.3. The van der Waals surface area contributed by atoms with Crippen LogP contribution in [0.4, 0.5) is 0 Å². The summed E-state index contributed by atoms with van der Waals surface area (Å²) in [6, 6.07) is 10.8. The molecular weight excluding hydrogens is 422 g/mol. The number of hydrogen-bond acceptors (Lipinski definition) is 5. The molecule has 1 atom stereocenters. The van der Waals surface area contributed by atoms with Crippen molar-refractivity contribution in [2.45, 2.75) is 43.7 Å². The van der Waals surface area contributed by atoms with E-state index in [1.807, 2.05) is 0 Å². The van der Waals surface area contributed by atoms with Crippen LogP contribution in [0, 0.1) is 6.92 Å². The number of nitrogens with one attached hydrogen (secondary N) is 1. The molecule has 162 valence electrons. The normalized spacial score (nSPS) is 17.2. The van der Waals surface area contributed by atoms with Crippen LogP contribution in [-0.4, -0.2) is 33.9 Å². The Balaban J connectivity index is 1.76. The van der Waals surface area contributed by atoms with Gasteiger partial charge in [-0.2, -0.15) is 8.42 Å². The molecule has 9 nitrogen and oxygen atoms in total. The highest BCUT2D eigenvalue weighted by Crippen LogP contribution is 2.24. The minimum atomic E-state index is -4.41. The van der Waals surface area contributed by atoms with Crippen molar-refractivity contribution in [3.63, 3.8) is 0 Å². The fourth-order valence-corrected chi connectivity index (χ4v) is 4.80. The van der Waals surface area contributed by atoms with Crippen LogP contribution in [0.25, 0.3) is 11.0 Å². The van der Waals surface area contributed by atoms with Crippen molar-refractivity contribution in [1.82, 2.24) is 14.5 Å². The predicted molar refractivity (Wildman–Crippen MR) is 112 cm³/mol. The molecule has 1 aromatic heterocycles.